The largest absolute Gasteiger partial charge is 0.372 e. The number of benzene rings is 1. The topological polar surface area (TPSA) is 32.3 Å². The number of para-hydroxylation sites is 2. The van der Waals surface area contributed by atoms with Gasteiger partial charge in [0.25, 0.3) is 0 Å². The second-order valence-electron chi connectivity index (χ2n) is 5.93. The second-order valence-corrected chi connectivity index (χ2v) is 5.93. The monoisotopic (exact) mass is 274 g/mol. The summed E-state index contributed by atoms with van der Waals surface area (Å²) in [5.74, 6) is 0.518. The Kier molecular flexibility index (Phi) is 5.05. The molecule has 0 radical (unpaired) electrons. The number of nitrogens with zero attached hydrogens (tertiary/aromatic N) is 1. The maximum atomic E-state index is 12.7. The predicted octanol–water partition coefficient (Wildman–Crippen LogP) is 4.05. The molecule has 1 unspecified atom stereocenters. The highest BCUT2D eigenvalue weighted by molar-refractivity contribution is 6.05. The van der Waals surface area contributed by atoms with Gasteiger partial charge in [0.05, 0.1) is 11.4 Å². The van der Waals surface area contributed by atoms with E-state index in [4.69, 9.17) is 0 Å². The Balaban J connectivity index is 2.16. The summed E-state index contributed by atoms with van der Waals surface area (Å²) < 4.78 is 0. The van der Waals surface area contributed by atoms with Crippen LogP contribution in [-0.2, 0) is 4.79 Å². The smallest absolute Gasteiger partial charge is 0.249 e. The predicted molar refractivity (Wildman–Crippen MR) is 85.2 cm³/mol. The van der Waals surface area contributed by atoms with E-state index in [9.17, 15) is 4.79 Å². The third kappa shape index (κ3) is 3.14. The Bertz CT molecular complexity index is 456. The lowest BCUT2D eigenvalue weighted by molar-refractivity contribution is -0.120. The van der Waals surface area contributed by atoms with Gasteiger partial charge in [-0.1, -0.05) is 52.2 Å². The van der Waals surface area contributed by atoms with Gasteiger partial charge < -0.3 is 10.2 Å². The molecule has 0 fully saturated rings. The fraction of sp³-hybridized carbons (Fsp3) is 0.588. The Morgan fingerprint density at radius 1 is 1.20 bits per heavy atom. The SMILES string of the molecule is CCCCCCN1C(=O)C(C(C)C)Nc2ccccc21. The Labute approximate surface area is 122 Å². The van der Waals surface area contributed by atoms with Gasteiger partial charge in [-0.05, 0) is 24.5 Å². The van der Waals surface area contributed by atoms with Crippen molar-refractivity contribution in [1.29, 1.82) is 0 Å². The summed E-state index contributed by atoms with van der Waals surface area (Å²) in [6, 6.07) is 8.03. The minimum atomic E-state index is -0.101. The molecule has 1 heterocycles. The number of carbonyl (C=O) groups is 1. The number of amides is 1. The molecule has 0 saturated heterocycles. The van der Waals surface area contributed by atoms with Crippen LogP contribution in [0.25, 0.3) is 0 Å². The molecule has 1 aliphatic rings. The molecule has 1 aromatic carbocycles. The minimum absolute atomic E-state index is 0.101. The molecule has 1 aliphatic heterocycles. The van der Waals surface area contributed by atoms with E-state index in [2.05, 4.69) is 32.2 Å². The third-order valence-electron chi connectivity index (χ3n) is 3.94. The fourth-order valence-corrected chi connectivity index (χ4v) is 2.73. The van der Waals surface area contributed by atoms with Gasteiger partial charge in [0.2, 0.25) is 5.91 Å². The van der Waals surface area contributed by atoms with Crippen molar-refractivity contribution < 1.29 is 4.79 Å². The molecule has 20 heavy (non-hydrogen) atoms. The summed E-state index contributed by atoms with van der Waals surface area (Å²) in [7, 11) is 0. The van der Waals surface area contributed by atoms with Gasteiger partial charge in [-0.3, -0.25) is 4.79 Å². The molecule has 1 amide bonds. The molecule has 1 N–H and O–H groups in total. The summed E-state index contributed by atoms with van der Waals surface area (Å²) in [5, 5.41) is 3.39. The van der Waals surface area contributed by atoms with Crippen LogP contribution in [0.1, 0.15) is 46.5 Å². The van der Waals surface area contributed by atoms with E-state index in [1.165, 1.54) is 19.3 Å². The van der Waals surface area contributed by atoms with Crippen molar-refractivity contribution in [3.05, 3.63) is 24.3 Å². The third-order valence-corrected chi connectivity index (χ3v) is 3.94. The van der Waals surface area contributed by atoms with Crippen molar-refractivity contribution in [1.82, 2.24) is 0 Å². The van der Waals surface area contributed by atoms with Crippen LogP contribution in [-0.4, -0.2) is 18.5 Å². The van der Waals surface area contributed by atoms with Crippen LogP contribution in [0.5, 0.6) is 0 Å². The first kappa shape index (κ1) is 14.9. The molecule has 0 aliphatic carbocycles. The molecule has 2 rings (SSSR count). The van der Waals surface area contributed by atoms with Crippen molar-refractivity contribution in [3.63, 3.8) is 0 Å². The maximum absolute atomic E-state index is 12.7. The van der Waals surface area contributed by atoms with E-state index < -0.39 is 0 Å². The highest BCUT2D eigenvalue weighted by Gasteiger charge is 2.33. The molecule has 1 atom stereocenters. The number of unbranched alkanes of at least 4 members (excludes halogenated alkanes) is 3. The van der Waals surface area contributed by atoms with E-state index in [-0.39, 0.29) is 11.9 Å². The number of hydrogen-bond donors (Lipinski definition) is 1. The molecule has 0 saturated carbocycles. The van der Waals surface area contributed by atoms with Crippen LogP contribution in [0.4, 0.5) is 11.4 Å². The summed E-state index contributed by atoms with van der Waals surface area (Å²) in [5.41, 5.74) is 2.12. The van der Waals surface area contributed by atoms with Crippen LogP contribution in [0.2, 0.25) is 0 Å². The van der Waals surface area contributed by atoms with Gasteiger partial charge >= 0.3 is 0 Å². The molecule has 0 bridgehead atoms. The maximum Gasteiger partial charge on any atom is 0.249 e. The minimum Gasteiger partial charge on any atom is -0.372 e. The van der Waals surface area contributed by atoms with E-state index >= 15 is 0 Å². The van der Waals surface area contributed by atoms with Crippen molar-refractivity contribution in [2.24, 2.45) is 5.92 Å². The highest BCUT2D eigenvalue weighted by atomic mass is 16.2. The molecular weight excluding hydrogens is 248 g/mol. The normalized spacial score (nSPS) is 18.1. The number of hydrogen-bond acceptors (Lipinski definition) is 2. The Morgan fingerprint density at radius 3 is 2.65 bits per heavy atom. The molecule has 110 valence electrons. The highest BCUT2D eigenvalue weighted by Crippen LogP contribution is 2.33. The van der Waals surface area contributed by atoms with Gasteiger partial charge in [0, 0.05) is 6.54 Å². The molecule has 3 heteroatoms. The number of anilines is 2. The number of fused-ring (bicyclic) bond motifs is 1. The Morgan fingerprint density at radius 2 is 1.95 bits per heavy atom. The second kappa shape index (κ2) is 6.78. The van der Waals surface area contributed by atoms with Crippen LogP contribution < -0.4 is 10.2 Å². The van der Waals surface area contributed by atoms with Crippen molar-refractivity contribution >= 4 is 17.3 Å². The fourth-order valence-electron chi connectivity index (χ4n) is 2.73. The lowest BCUT2D eigenvalue weighted by Gasteiger charge is -2.37. The summed E-state index contributed by atoms with van der Waals surface area (Å²) in [6.07, 6.45) is 4.75. The lowest BCUT2D eigenvalue weighted by atomic mass is 9.98. The first-order valence-electron chi connectivity index (χ1n) is 7.82. The molecule has 3 nitrogen and oxygen atoms in total. The average Bonchev–Trinajstić information content (AvgIpc) is 2.44. The number of rotatable bonds is 6. The van der Waals surface area contributed by atoms with Gasteiger partial charge in [0.15, 0.2) is 0 Å². The zero-order valence-electron chi connectivity index (χ0n) is 12.9. The number of carbonyl (C=O) groups excluding carboxylic acids is 1. The van der Waals surface area contributed by atoms with Crippen LogP contribution in [0, 0.1) is 5.92 Å². The summed E-state index contributed by atoms with van der Waals surface area (Å²) in [4.78, 5) is 14.6. The van der Waals surface area contributed by atoms with Crippen molar-refractivity contribution in [2.45, 2.75) is 52.5 Å². The first-order valence-corrected chi connectivity index (χ1v) is 7.82. The average molecular weight is 274 g/mol. The van der Waals surface area contributed by atoms with Crippen LogP contribution >= 0.6 is 0 Å². The van der Waals surface area contributed by atoms with Crippen LogP contribution in [0.3, 0.4) is 0 Å². The zero-order chi connectivity index (χ0) is 14.5. The number of nitrogens with one attached hydrogen (secondary N) is 1. The van der Waals surface area contributed by atoms with Gasteiger partial charge in [-0.25, -0.2) is 0 Å². The molecule has 1 aromatic rings. The Hall–Kier alpha value is -1.51. The summed E-state index contributed by atoms with van der Waals surface area (Å²) >= 11 is 0. The first-order chi connectivity index (χ1) is 9.65. The van der Waals surface area contributed by atoms with Gasteiger partial charge in [0.1, 0.15) is 6.04 Å². The molecule has 0 aromatic heterocycles. The van der Waals surface area contributed by atoms with Crippen molar-refractivity contribution in [2.75, 3.05) is 16.8 Å². The van der Waals surface area contributed by atoms with E-state index in [1.54, 1.807) is 0 Å². The van der Waals surface area contributed by atoms with E-state index in [0.29, 0.717) is 5.92 Å². The van der Waals surface area contributed by atoms with E-state index in [0.717, 1.165) is 24.3 Å². The van der Waals surface area contributed by atoms with Gasteiger partial charge in [-0.2, -0.15) is 0 Å². The van der Waals surface area contributed by atoms with Crippen molar-refractivity contribution in [3.8, 4) is 0 Å². The molecular formula is C17H26N2O. The van der Waals surface area contributed by atoms with Crippen LogP contribution in [0.15, 0.2) is 24.3 Å². The molecule has 0 spiro atoms. The van der Waals surface area contributed by atoms with Gasteiger partial charge in [-0.15, -0.1) is 0 Å². The summed E-state index contributed by atoms with van der Waals surface area (Å²) in [6.45, 7) is 7.23. The standard InChI is InChI=1S/C17H26N2O/c1-4-5-6-9-12-19-15-11-8-7-10-14(15)18-16(13(2)3)17(19)20/h7-8,10-11,13,16,18H,4-6,9,12H2,1-3H3. The zero-order valence-corrected chi connectivity index (χ0v) is 12.9. The lowest BCUT2D eigenvalue weighted by Crippen LogP contribution is -2.49. The quantitative estimate of drug-likeness (QED) is 0.794. The van der Waals surface area contributed by atoms with E-state index in [1.807, 2.05) is 23.1 Å².